The van der Waals surface area contributed by atoms with Crippen molar-refractivity contribution in [3.05, 3.63) is 76.7 Å². The van der Waals surface area contributed by atoms with Crippen molar-refractivity contribution in [3.63, 3.8) is 0 Å². The van der Waals surface area contributed by atoms with Crippen molar-refractivity contribution in [3.8, 4) is 5.69 Å². The number of hydrogen-bond acceptors (Lipinski definition) is 5. The van der Waals surface area contributed by atoms with Gasteiger partial charge in [0.25, 0.3) is 0 Å². The number of carbonyl (C=O) groups excluding carboxylic acids is 1. The second-order valence-electron chi connectivity index (χ2n) is 8.74. The molecule has 2 aromatic carbocycles. The van der Waals surface area contributed by atoms with E-state index in [9.17, 15) is 18.0 Å². The topological polar surface area (TPSA) is 91.7 Å². The first-order valence-electron chi connectivity index (χ1n) is 11.6. The second kappa shape index (κ2) is 11.5. The number of amides is 2. The Hall–Kier alpha value is -3.12. The quantitative estimate of drug-likeness (QED) is 0.384. The van der Waals surface area contributed by atoms with Crippen LogP contribution in [0.2, 0.25) is 5.02 Å². The van der Waals surface area contributed by atoms with Crippen LogP contribution >= 0.6 is 11.6 Å². The number of para-hydroxylation sites is 1. The number of ether oxygens (including phenoxy) is 1. The highest BCUT2D eigenvalue weighted by Crippen LogP contribution is 2.38. The van der Waals surface area contributed by atoms with Gasteiger partial charge in [-0.1, -0.05) is 41.9 Å². The Morgan fingerprint density at radius 2 is 1.89 bits per heavy atom. The van der Waals surface area contributed by atoms with Gasteiger partial charge in [-0.3, -0.25) is 10.2 Å². The van der Waals surface area contributed by atoms with E-state index in [0.29, 0.717) is 31.9 Å². The summed E-state index contributed by atoms with van der Waals surface area (Å²) in [7, 11) is 1.60. The van der Waals surface area contributed by atoms with Crippen molar-refractivity contribution in [1.29, 1.82) is 0 Å². The molecule has 1 aliphatic rings. The van der Waals surface area contributed by atoms with Gasteiger partial charge in [-0.05, 0) is 29.8 Å². The SMILES string of the molecule is COCCN1C[C@@H](NC(=O)Nc2c(Cl)c(C(F)(F)CO)nn2-c2ccccc2)[C@H](c2ccc(F)cc2)C1. The molecule has 12 heteroatoms. The monoisotopic (exact) mass is 537 g/mol. The first-order valence-corrected chi connectivity index (χ1v) is 12.0. The minimum absolute atomic E-state index is 0.146. The van der Waals surface area contributed by atoms with Crippen LogP contribution in [0.15, 0.2) is 54.6 Å². The number of alkyl halides is 2. The van der Waals surface area contributed by atoms with E-state index in [2.05, 4.69) is 20.6 Å². The van der Waals surface area contributed by atoms with Gasteiger partial charge < -0.3 is 15.2 Å². The number of aromatic nitrogens is 2. The predicted octanol–water partition coefficient (Wildman–Crippen LogP) is 3.98. The molecule has 0 spiro atoms. The largest absolute Gasteiger partial charge is 0.390 e. The van der Waals surface area contributed by atoms with E-state index >= 15 is 0 Å². The lowest BCUT2D eigenvalue weighted by Crippen LogP contribution is -2.42. The van der Waals surface area contributed by atoms with E-state index in [0.717, 1.165) is 10.2 Å². The molecule has 3 aromatic rings. The van der Waals surface area contributed by atoms with Gasteiger partial charge in [-0.25, -0.2) is 13.9 Å². The Labute approximate surface area is 217 Å². The molecule has 1 saturated heterocycles. The van der Waals surface area contributed by atoms with E-state index in [4.69, 9.17) is 21.4 Å². The number of nitrogens with zero attached hydrogens (tertiary/aromatic N) is 3. The average molecular weight is 538 g/mol. The van der Waals surface area contributed by atoms with Gasteiger partial charge in [0.05, 0.1) is 18.3 Å². The van der Waals surface area contributed by atoms with Gasteiger partial charge in [0.1, 0.15) is 17.4 Å². The molecule has 2 atom stereocenters. The third-order valence-corrected chi connectivity index (χ3v) is 6.59. The summed E-state index contributed by atoms with van der Waals surface area (Å²) >= 11 is 6.25. The summed E-state index contributed by atoms with van der Waals surface area (Å²) in [5.74, 6) is -4.39. The van der Waals surface area contributed by atoms with Crippen LogP contribution < -0.4 is 10.6 Å². The zero-order chi connectivity index (χ0) is 26.6. The standard InChI is InChI=1S/C25H27ClF3N5O3/c1-37-12-11-33-13-19(16-7-9-17(27)10-8-16)20(14-33)30-24(36)31-23-21(26)22(25(28,29)15-35)32-34(23)18-5-3-2-4-6-18/h2-10,19-20,35H,11-15H2,1H3,(H2,30,31,36)/t19-,20+/m0/s1. The first kappa shape index (κ1) is 26.9. The Bertz CT molecular complexity index is 1210. The van der Waals surface area contributed by atoms with Crippen molar-refractivity contribution in [2.75, 3.05) is 45.3 Å². The maximum atomic E-state index is 14.4. The summed E-state index contributed by atoms with van der Waals surface area (Å²) in [6, 6.07) is 13.4. The molecular weight excluding hydrogens is 511 g/mol. The first-order chi connectivity index (χ1) is 17.7. The van der Waals surface area contributed by atoms with Crippen molar-refractivity contribution in [2.24, 2.45) is 0 Å². The number of hydrogen-bond donors (Lipinski definition) is 3. The van der Waals surface area contributed by atoms with Crippen LogP contribution in [0.25, 0.3) is 5.69 Å². The highest BCUT2D eigenvalue weighted by Gasteiger charge is 2.39. The highest BCUT2D eigenvalue weighted by atomic mass is 35.5. The Kier molecular flexibility index (Phi) is 8.38. The number of aliphatic hydroxyl groups is 1. The maximum absolute atomic E-state index is 14.4. The fourth-order valence-electron chi connectivity index (χ4n) is 4.37. The van der Waals surface area contributed by atoms with Crippen LogP contribution in [0.3, 0.4) is 0 Å². The van der Waals surface area contributed by atoms with Crippen LogP contribution in [0.4, 0.5) is 23.8 Å². The van der Waals surface area contributed by atoms with Crippen molar-refractivity contribution < 1.29 is 27.8 Å². The third kappa shape index (κ3) is 6.07. The molecule has 0 radical (unpaired) electrons. The summed E-state index contributed by atoms with van der Waals surface area (Å²) in [5.41, 5.74) is 0.381. The number of likely N-dealkylation sites (tertiary alicyclic amines) is 1. The molecule has 3 N–H and O–H groups in total. The van der Waals surface area contributed by atoms with Gasteiger partial charge >= 0.3 is 12.0 Å². The molecule has 1 fully saturated rings. The lowest BCUT2D eigenvalue weighted by atomic mass is 9.94. The third-order valence-electron chi connectivity index (χ3n) is 6.23. The van der Waals surface area contributed by atoms with Gasteiger partial charge in [0, 0.05) is 32.7 Å². The number of rotatable bonds is 9. The van der Waals surface area contributed by atoms with Gasteiger partial charge in [0.2, 0.25) is 0 Å². The molecule has 198 valence electrons. The number of anilines is 1. The number of halogens is 4. The summed E-state index contributed by atoms with van der Waals surface area (Å²) < 4.78 is 48.5. The van der Waals surface area contributed by atoms with E-state index in [1.165, 1.54) is 12.1 Å². The summed E-state index contributed by atoms with van der Waals surface area (Å²) in [4.78, 5) is 15.2. The zero-order valence-electron chi connectivity index (χ0n) is 20.0. The summed E-state index contributed by atoms with van der Waals surface area (Å²) in [6.07, 6.45) is 0. The molecule has 0 unspecified atom stereocenters. The van der Waals surface area contributed by atoms with E-state index in [1.807, 2.05) is 0 Å². The van der Waals surface area contributed by atoms with Crippen LogP contribution in [-0.2, 0) is 10.7 Å². The van der Waals surface area contributed by atoms with E-state index in [-0.39, 0.29) is 23.6 Å². The normalized spacial score (nSPS) is 18.2. The Balaban J connectivity index is 1.59. The number of urea groups is 1. The second-order valence-corrected chi connectivity index (χ2v) is 9.11. The Morgan fingerprint density at radius 1 is 1.19 bits per heavy atom. The van der Waals surface area contributed by atoms with Gasteiger partial charge in [0.15, 0.2) is 11.5 Å². The number of carbonyl (C=O) groups is 1. The molecule has 0 aliphatic carbocycles. The number of aliphatic hydroxyl groups excluding tert-OH is 1. The molecule has 2 heterocycles. The van der Waals surface area contributed by atoms with Crippen molar-refractivity contribution in [1.82, 2.24) is 20.0 Å². The molecule has 2 amide bonds. The molecule has 4 rings (SSSR count). The minimum Gasteiger partial charge on any atom is -0.390 e. The van der Waals surface area contributed by atoms with Crippen LogP contribution in [0.5, 0.6) is 0 Å². The number of benzene rings is 2. The van der Waals surface area contributed by atoms with E-state index < -0.39 is 29.3 Å². The predicted molar refractivity (Wildman–Crippen MR) is 133 cm³/mol. The fourth-order valence-corrected chi connectivity index (χ4v) is 4.67. The van der Waals surface area contributed by atoms with Crippen LogP contribution in [0, 0.1) is 5.82 Å². The van der Waals surface area contributed by atoms with E-state index in [1.54, 1.807) is 49.6 Å². The molecule has 37 heavy (non-hydrogen) atoms. The van der Waals surface area contributed by atoms with Gasteiger partial charge in [-0.15, -0.1) is 0 Å². The molecule has 0 saturated carbocycles. The summed E-state index contributed by atoms with van der Waals surface area (Å²) in [6.45, 7) is 0.750. The fraction of sp³-hybridized carbons (Fsp3) is 0.360. The lowest BCUT2D eigenvalue weighted by Gasteiger charge is -2.21. The summed E-state index contributed by atoms with van der Waals surface area (Å²) in [5, 5.41) is 18.0. The smallest absolute Gasteiger partial charge is 0.320 e. The molecule has 0 bridgehead atoms. The molecule has 8 nitrogen and oxygen atoms in total. The van der Waals surface area contributed by atoms with Gasteiger partial charge in [-0.2, -0.15) is 13.9 Å². The minimum atomic E-state index is -3.72. The molecule has 1 aliphatic heterocycles. The Morgan fingerprint density at radius 3 is 2.54 bits per heavy atom. The van der Waals surface area contributed by atoms with Crippen molar-refractivity contribution in [2.45, 2.75) is 17.9 Å². The van der Waals surface area contributed by atoms with Crippen molar-refractivity contribution >= 4 is 23.4 Å². The zero-order valence-corrected chi connectivity index (χ0v) is 20.8. The molecule has 1 aromatic heterocycles. The number of methoxy groups -OCH3 is 1. The molecular formula is C25H27ClF3N5O3. The average Bonchev–Trinajstić information content (AvgIpc) is 3.44. The lowest BCUT2D eigenvalue weighted by molar-refractivity contribution is -0.0593. The highest BCUT2D eigenvalue weighted by molar-refractivity contribution is 6.34. The number of nitrogens with one attached hydrogen (secondary N) is 2. The van der Waals surface area contributed by atoms with Crippen LogP contribution in [0.1, 0.15) is 17.2 Å². The van der Waals surface area contributed by atoms with Crippen LogP contribution in [-0.4, -0.2) is 71.8 Å². The maximum Gasteiger partial charge on any atom is 0.320 e.